The Bertz CT molecular complexity index is 829. The Hall–Kier alpha value is -2.34. The summed E-state index contributed by atoms with van der Waals surface area (Å²) in [6.45, 7) is 3.08. The lowest BCUT2D eigenvalue weighted by Gasteiger charge is -2.08. The molecular weight excluding hydrogens is 350 g/mol. The first kappa shape index (κ1) is 20.0. The van der Waals surface area contributed by atoms with Crippen LogP contribution in [0.5, 0.6) is 5.75 Å². The molecule has 0 unspecified atom stereocenters. The largest absolute Gasteiger partial charge is 0.494 e. The maximum atomic E-state index is 11.8. The molecule has 0 spiro atoms. The highest BCUT2D eigenvalue weighted by Gasteiger charge is 2.06. The predicted molar refractivity (Wildman–Crippen MR) is 102 cm³/mol. The molecule has 5 nitrogen and oxygen atoms in total. The molecule has 0 radical (unpaired) electrons. The van der Waals surface area contributed by atoms with Crippen molar-refractivity contribution < 1.29 is 17.9 Å². The van der Waals surface area contributed by atoms with Crippen molar-refractivity contribution in [2.45, 2.75) is 31.1 Å². The van der Waals surface area contributed by atoms with Gasteiger partial charge in [-0.25, -0.2) is 8.42 Å². The van der Waals surface area contributed by atoms with E-state index in [1.54, 1.807) is 12.1 Å². The van der Waals surface area contributed by atoms with Crippen molar-refractivity contribution in [1.29, 1.82) is 0 Å². The highest BCUT2D eigenvalue weighted by Crippen LogP contribution is 2.16. The van der Waals surface area contributed by atoms with Crippen LogP contribution in [0.25, 0.3) is 0 Å². The smallest absolute Gasteiger partial charge is 0.220 e. The second kappa shape index (κ2) is 9.38. The summed E-state index contributed by atoms with van der Waals surface area (Å²) in [6.07, 6.45) is 2.98. The number of benzene rings is 2. The summed E-state index contributed by atoms with van der Waals surface area (Å²) >= 11 is 0. The summed E-state index contributed by atoms with van der Waals surface area (Å²) in [5, 5.41) is 2.91. The molecule has 0 heterocycles. The van der Waals surface area contributed by atoms with E-state index in [0.29, 0.717) is 31.7 Å². The molecule has 0 atom stereocenters. The van der Waals surface area contributed by atoms with Gasteiger partial charge >= 0.3 is 0 Å². The fourth-order valence-electron chi connectivity index (χ4n) is 2.51. The fraction of sp³-hybridized carbons (Fsp3) is 0.350. The molecule has 140 valence electrons. The van der Waals surface area contributed by atoms with Crippen molar-refractivity contribution >= 4 is 15.7 Å². The zero-order chi connectivity index (χ0) is 19.0. The second-order valence-corrected chi connectivity index (χ2v) is 8.30. The van der Waals surface area contributed by atoms with Crippen molar-refractivity contribution in [3.8, 4) is 5.75 Å². The van der Waals surface area contributed by atoms with Crippen LogP contribution in [0.4, 0.5) is 0 Å². The molecule has 2 rings (SSSR count). The summed E-state index contributed by atoms with van der Waals surface area (Å²) in [4.78, 5) is 12.1. The molecule has 26 heavy (non-hydrogen) atoms. The van der Waals surface area contributed by atoms with Crippen LogP contribution in [0.1, 0.15) is 24.0 Å². The first-order valence-corrected chi connectivity index (χ1v) is 10.5. The van der Waals surface area contributed by atoms with Gasteiger partial charge in [-0.2, -0.15) is 0 Å². The lowest BCUT2D eigenvalue weighted by atomic mass is 10.1. The SMILES string of the molecule is Cc1cccc(CCNC(=O)CCCOc2ccc(S(C)(=O)=O)cc2)c1. The van der Waals surface area contributed by atoms with Gasteiger partial charge in [-0.05, 0) is 49.6 Å². The molecular formula is C20H25NO4S. The van der Waals surface area contributed by atoms with Crippen LogP contribution >= 0.6 is 0 Å². The Balaban J connectivity index is 1.62. The third kappa shape index (κ3) is 6.88. The topological polar surface area (TPSA) is 72.5 Å². The lowest BCUT2D eigenvalue weighted by Crippen LogP contribution is -2.25. The van der Waals surface area contributed by atoms with Gasteiger partial charge in [-0.15, -0.1) is 0 Å². The summed E-state index contributed by atoms with van der Waals surface area (Å²) < 4.78 is 28.3. The molecule has 0 saturated heterocycles. The highest BCUT2D eigenvalue weighted by molar-refractivity contribution is 7.90. The number of amides is 1. The van der Waals surface area contributed by atoms with E-state index in [2.05, 4.69) is 30.4 Å². The van der Waals surface area contributed by atoms with Crippen LogP contribution in [-0.2, 0) is 21.1 Å². The third-order valence-electron chi connectivity index (χ3n) is 3.89. The molecule has 0 aliphatic carbocycles. The molecule has 1 amide bonds. The number of nitrogens with one attached hydrogen (secondary N) is 1. The van der Waals surface area contributed by atoms with E-state index in [1.807, 2.05) is 6.07 Å². The van der Waals surface area contributed by atoms with Gasteiger partial charge in [0.05, 0.1) is 11.5 Å². The van der Waals surface area contributed by atoms with Gasteiger partial charge < -0.3 is 10.1 Å². The van der Waals surface area contributed by atoms with Gasteiger partial charge in [-0.1, -0.05) is 29.8 Å². The van der Waals surface area contributed by atoms with E-state index in [1.165, 1.54) is 29.5 Å². The molecule has 0 saturated carbocycles. The summed E-state index contributed by atoms with van der Waals surface area (Å²) in [5.41, 5.74) is 2.43. The number of carbonyl (C=O) groups excluding carboxylic acids is 1. The van der Waals surface area contributed by atoms with Gasteiger partial charge in [0.2, 0.25) is 5.91 Å². The minimum absolute atomic E-state index is 0.00803. The number of hydrogen-bond donors (Lipinski definition) is 1. The van der Waals surface area contributed by atoms with E-state index in [4.69, 9.17) is 4.74 Å². The first-order chi connectivity index (χ1) is 12.3. The quantitative estimate of drug-likeness (QED) is 0.684. The van der Waals surface area contributed by atoms with E-state index in [0.717, 1.165) is 6.42 Å². The van der Waals surface area contributed by atoms with E-state index < -0.39 is 9.84 Å². The number of carbonyl (C=O) groups is 1. The Morgan fingerprint density at radius 2 is 1.85 bits per heavy atom. The molecule has 0 aromatic heterocycles. The Morgan fingerprint density at radius 3 is 2.50 bits per heavy atom. The zero-order valence-corrected chi connectivity index (χ0v) is 16.0. The van der Waals surface area contributed by atoms with Crippen molar-refractivity contribution in [1.82, 2.24) is 5.32 Å². The van der Waals surface area contributed by atoms with Gasteiger partial charge in [0, 0.05) is 19.2 Å². The minimum atomic E-state index is -3.20. The van der Waals surface area contributed by atoms with E-state index in [-0.39, 0.29) is 10.8 Å². The van der Waals surface area contributed by atoms with Gasteiger partial charge in [0.15, 0.2) is 9.84 Å². The van der Waals surface area contributed by atoms with Crippen LogP contribution < -0.4 is 10.1 Å². The molecule has 0 aliphatic heterocycles. The van der Waals surface area contributed by atoms with Crippen molar-refractivity contribution in [2.24, 2.45) is 0 Å². The van der Waals surface area contributed by atoms with Crippen molar-refractivity contribution in [3.63, 3.8) is 0 Å². The molecule has 2 aromatic carbocycles. The molecule has 2 aromatic rings. The van der Waals surface area contributed by atoms with Crippen LogP contribution in [0.15, 0.2) is 53.4 Å². The molecule has 0 bridgehead atoms. The van der Waals surface area contributed by atoms with Gasteiger partial charge in [0.25, 0.3) is 0 Å². The lowest BCUT2D eigenvalue weighted by molar-refractivity contribution is -0.121. The zero-order valence-electron chi connectivity index (χ0n) is 15.2. The maximum absolute atomic E-state index is 11.8. The fourth-order valence-corrected chi connectivity index (χ4v) is 3.14. The maximum Gasteiger partial charge on any atom is 0.220 e. The van der Waals surface area contributed by atoms with E-state index in [9.17, 15) is 13.2 Å². The third-order valence-corrected chi connectivity index (χ3v) is 5.02. The molecule has 0 aliphatic rings. The van der Waals surface area contributed by atoms with Crippen LogP contribution in [0, 0.1) is 6.92 Å². The van der Waals surface area contributed by atoms with Crippen LogP contribution in [0.3, 0.4) is 0 Å². The monoisotopic (exact) mass is 375 g/mol. The second-order valence-electron chi connectivity index (χ2n) is 6.28. The molecule has 1 N–H and O–H groups in total. The summed E-state index contributed by atoms with van der Waals surface area (Å²) in [6, 6.07) is 14.5. The summed E-state index contributed by atoms with van der Waals surface area (Å²) in [7, 11) is -3.20. The highest BCUT2D eigenvalue weighted by atomic mass is 32.2. The van der Waals surface area contributed by atoms with E-state index >= 15 is 0 Å². The minimum Gasteiger partial charge on any atom is -0.494 e. The van der Waals surface area contributed by atoms with Crippen molar-refractivity contribution in [3.05, 3.63) is 59.7 Å². The van der Waals surface area contributed by atoms with Crippen LogP contribution in [0.2, 0.25) is 0 Å². The number of ether oxygens (including phenoxy) is 1. The normalized spacial score (nSPS) is 11.2. The van der Waals surface area contributed by atoms with Gasteiger partial charge in [-0.3, -0.25) is 4.79 Å². The number of hydrogen-bond acceptors (Lipinski definition) is 4. The average molecular weight is 375 g/mol. The molecule has 6 heteroatoms. The Kier molecular flexibility index (Phi) is 7.21. The van der Waals surface area contributed by atoms with Crippen LogP contribution in [-0.4, -0.2) is 33.7 Å². The first-order valence-electron chi connectivity index (χ1n) is 8.60. The predicted octanol–water partition coefficient (Wildman–Crippen LogP) is 2.92. The summed E-state index contributed by atoms with van der Waals surface area (Å²) in [5.74, 6) is 0.603. The average Bonchev–Trinajstić information content (AvgIpc) is 2.58. The Morgan fingerprint density at radius 1 is 1.12 bits per heavy atom. The Labute approximate surface area is 155 Å². The number of rotatable bonds is 9. The van der Waals surface area contributed by atoms with Crippen molar-refractivity contribution in [2.75, 3.05) is 19.4 Å². The van der Waals surface area contributed by atoms with Gasteiger partial charge in [0.1, 0.15) is 5.75 Å². The standard InChI is InChI=1S/C20H25NO4S/c1-16-5-3-6-17(15-16)12-13-21-20(22)7-4-14-25-18-8-10-19(11-9-18)26(2,23)24/h3,5-6,8-11,15H,4,7,12-14H2,1-2H3,(H,21,22). The number of aryl methyl sites for hydroxylation is 1. The number of sulfone groups is 1. The molecule has 0 fully saturated rings.